The molecular formula is C19H25BrN4OS. The van der Waals surface area contributed by atoms with Crippen LogP contribution >= 0.6 is 27.3 Å². The first-order valence-electron chi connectivity index (χ1n) is 8.98. The molecule has 1 amide bonds. The fraction of sp³-hybridized carbons (Fsp3) is 0.474. The van der Waals surface area contributed by atoms with Gasteiger partial charge in [0.1, 0.15) is 0 Å². The first-order chi connectivity index (χ1) is 12.5. The Morgan fingerprint density at radius 1 is 1.46 bits per heavy atom. The fourth-order valence-electron chi connectivity index (χ4n) is 3.41. The molecule has 0 aromatic carbocycles. The third-order valence-electron chi connectivity index (χ3n) is 4.79. The van der Waals surface area contributed by atoms with E-state index >= 15 is 0 Å². The monoisotopic (exact) mass is 436 g/mol. The minimum absolute atomic E-state index is 0.0641. The van der Waals surface area contributed by atoms with E-state index in [1.807, 2.05) is 24.7 Å². The Balaban J connectivity index is 1.76. The summed E-state index contributed by atoms with van der Waals surface area (Å²) in [6, 6.07) is 1.84. The third-order valence-corrected chi connectivity index (χ3v) is 6.42. The molecule has 1 aliphatic rings. The highest BCUT2D eigenvalue weighted by atomic mass is 79.9. The third kappa shape index (κ3) is 4.27. The maximum Gasteiger partial charge on any atom is 0.261 e. The van der Waals surface area contributed by atoms with Crippen LogP contribution in [0.25, 0.3) is 11.3 Å². The average molecular weight is 437 g/mol. The number of carbonyl (C=O) groups excluding carboxylic acids is 1. The van der Waals surface area contributed by atoms with Crippen molar-refractivity contribution in [2.24, 2.45) is 12.8 Å². The van der Waals surface area contributed by atoms with E-state index in [-0.39, 0.29) is 11.9 Å². The van der Waals surface area contributed by atoms with E-state index in [0.717, 1.165) is 33.4 Å². The van der Waals surface area contributed by atoms with Gasteiger partial charge in [0.05, 0.1) is 27.3 Å². The highest BCUT2D eigenvalue weighted by molar-refractivity contribution is 9.10. The van der Waals surface area contributed by atoms with Gasteiger partial charge in [0.2, 0.25) is 0 Å². The van der Waals surface area contributed by atoms with Crippen LogP contribution in [-0.4, -0.2) is 28.3 Å². The van der Waals surface area contributed by atoms with E-state index in [1.54, 1.807) is 6.20 Å². The maximum absolute atomic E-state index is 12.7. The van der Waals surface area contributed by atoms with Crippen molar-refractivity contribution in [2.75, 3.05) is 6.54 Å². The molecule has 0 saturated heterocycles. The number of aromatic nitrogens is 2. The number of amides is 1. The molecule has 2 heterocycles. The summed E-state index contributed by atoms with van der Waals surface area (Å²) in [6.45, 7) is 2.44. The van der Waals surface area contributed by atoms with E-state index in [1.165, 1.54) is 36.2 Å². The van der Waals surface area contributed by atoms with E-state index < -0.39 is 0 Å². The molecular weight excluding hydrogens is 412 g/mol. The lowest BCUT2D eigenvalue weighted by Gasteiger charge is -2.18. The number of nitrogens with zero attached hydrogens (tertiary/aromatic N) is 2. The number of carbonyl (C=O) groups is 1. The Kier molecular flexibility index (Phi) is 6.32. The fourth-order valence-corrected chi connectivity index (χ4v) is 4.89. The normalized spacial score (nSPS) is 15.8. The predicted octanol–water partition coefficient (Wildman–Crippen LogP) is 4.17. The number of aryl methyl sites for hydroxylation is 2. The van der Waals surface area contributed by atoms with Crippen LogP contribution in [0.1, 0.15) is 46.7 Å². The molecule has 0 spiro atoms. The summed E-state index contributed by atoms with van der Waals surface area (Å²) in [7, 11) is 1.90. The largest absolute Gasteiger partial charge is 0.344 e. The molecule has 26 heavy (non-hydrogen) atoms. The van der Waals surface area contributed by atoms with Gasteiger partial charge in [0.15, 0.2) is 0 Å². The van der Waals surface area contributed by atoms with Gasteiger partial charge in [-0.25, -0.2) is 0 Å². The van der Waals surface area contributed by atoms with Gasteiger partial charge in [-0.15, -0.1) is 11.3 Å². The summed E-state index contributed by atoms with van der Waals surface area (Å²) in [5.74, 6) is -0.0641. The summed E-state index contributed by atoms with van der Waals surface area (Å²) < 4.78 is 2.74. The van der Waals surface area contributed by atoms with Crippen molar-refractivity contribution >= 4 is 33.2 Å². The highest BCUT2D eigenvalue weighted by Crippen LogP contribution is 2.35. The predicted molar refractivity (Wildman–Crippen MR) is 110 cm³/mol. The number of hydrogen-bond acceptors (Lipinski definition) is 4. The Labute approximate surface area is 166 Å². The van der Waals surface area contributed by atoms with Crippen LogP contribution in [-0.2, 0) is 7.05 Å². The Morgan fingerprint density at radius 2 is 2.19 bits per heavy atom. The zero-order valence-corrected chi connectivity index (χ0v) is 17.6. The molecule has 1 fully saturated rings. The second-order valence-electron chi connectivity index (χ2n) is 6.75. The molecule has 1 atom stereocenters. The van der Waals surface area contributed by atoms with Gasteiger partial charge in [-0.05, 0) is 54.6 Å². The smallest absolute Gasteiger partial charge is 0.261 e. The summed E-state index contributed by atoms with van der Waals surface area (Å²) >= 11 is 5.04. The molecule has 0 radical (unpaired) electrons. The topological polar surface area (TPSA) is 72.9 Å². The lowest BCUT2D eigenvalue weighted by molar-refractivity contribution is 0.0949. The molecule has 0 aliphatic heterocycles. The summed E-state index contributed by atoms with van der Waals surface area (Å²) in [5.41, 5.74) is 9.33. The number of nitrogens with two attached hydrogens (primary N) is 1. The number of rotatable bonds is 5. The van der Waals surface area contributed by atoms with Gasteiger partial charge < -0.3 is 11.1 Å². The van der Waals surface area contributed by atoms with Crippen molar-refractivity contribution in [1.29, 1.82) is 0 Å². The number of halogens is 1. The first-order valence-corrected chi connectivity index (χ1v) is 10.6. The number of hydrogen-bond donors (Lipinski definition) is 2. The molecule has 2 aromatic heterocycles. The second kappa shape index (κ2) is 8.50. The van der Waals surface area contributed by atoms with E-state index in [0.29, 0.717) is 11.4 Å². The van der Waals surface area contributed by atoms with Crippen molar-refractivity contribution in [3.8, 4) is 11.3 Å². The zero-order chi connectivity index (χ0) is 18.7. The molecule has 3 N–H and O–H groups in total. The number of nitrogens with one attached hydrogen (secondary N) is 1. The Morgan fingerprint density at radius 3 is 2.81 bits per heavy atom. The van der Waals surface area contributed by atoms with Crippen molar-refractivity contribution < 1.29 is 4.79 Å². The standard InChI is InChI=1S/C19H25BrN4OS/c1-12-15(18-16(20)11-22-24(18)2)9-17(26-12)19(25)23-14(10-21)8-13-6-4-3-5-7-13/h8-9,11,14H,3-7,10,21H2,1-2H3,(H,23,25)/t14-/m0/s1. The SMILES string of the molecule is Cc1sc(C(=O)N[C@@H](C=C2CCCCC2)CN)cc1-c1c(Br)cnn1C. The average Bonchev–Trinajstić information content (AvgIpc) is 3.17. The van der Waals surface area contributed by atoms with E-state index in [4.69, 9.17) is 5.73 Å². The van der Waals surface area contributed by atoms with Gasteiger partial charge in [0.25, 0.3) is 5.91 Å². The minimum Gasteiger partial charge on any atom is -0.344 e. The van der Waals surface area contributed by atoms with Gasteiger partial charge >= 0.3 is 0 Å². The molecule has 0 bridgehead atoms. The lowest BCUT2D eigenvalue weighted by Crippen LogP contribution is -2.38. The molecule has 1 saturated carbocycles. The second-order valence-corrected chi connectivity index (χ2v) is 8.86. The number of thiophene rings is 1. The first kappa shape index (κ1) is 19.3. The molecule has 1 aliphatic carbocycles. The molecule has 0 unspecified atom stereocenters. The Bertz CT molecular complexity index is 796. The van der Waals surface area contributed by atoms with Crippen molar-refractivity contribution in [1.82, 2.24) is 15.1 Å². The molecule has 140 valence electrons. The summed E-state index contributed by atoms with van der Waals surface area (Å²) in [5, 5.41) is 7.35. The molecule has 2 aromatic rings. The Hall–Kier alpha value is -1.44. The van der Waals surface area contributed by atoms with Gasteiger partial charge in [-0.2, -0.15) is 5.10 Å². The summed E-state index contributed by atoms with van der Waals surface area (Å²) in [4.78, 5) is 14.5. The van der Waals surface area contributed by atoms with E-state index in [2.05, 4.69) is 32.4 Å². The molecule has 7 heteroatoms. The minimum atomic E-state index is -0.107. The molecule has 5 nitrogen and oxygen atoms in total. The van der Waals surface area contributed by atoms with Crippen LogP contribution in [0.2, 0.25) is 0 Å². The highest BCUT2D eigenvalue weighted by Gasteiger charge is 2.19. The van der Waals surface area contributed by atoms with Crippen LogP contribution in [0.5, 0.6) is 0 Å². The van der Waals surface area contributed by atoms with Crippen LogP contribution in [0.3, 0.4) is 0 Å². The number of allylic oxidation sites excluding steroid dienone is 1. The molecule has 3 rings (SSSR count). The van der Waals surface area contributed by atoms with Crippen molar-refractivity contribution in [3.05, 3.63) is 38.1 Å². The quantitative estimate of drug-likeness (QED) is 0.690. The van der Waals surface area contributed by atoms with E-state index in [9.17, 15) is 4.79 Å². The van der Waals surface area contributed by atoms with Crippen molar-refractivity contribution in [3.63, 3.8) is 0 Å². The lowest BCUT2D eigenvalue weighted by atomic mass is 9.93. The van der Waals surface area contributed by atoms with Crippen LogP contribution in [0.4, 0.5) is 0 Å². The summed E-state index contributed by atoms with van der Waals surface area (Å²) in [6.07, 6.45) is 9.97. The van der Waals surface area contributed by atoms with Gasteiger partial charge in [0, 0.05) is 24.0 Å². The van der Waals surface area contributed by atoms with Gasteiger partial charge in [-0.1, -0.05) is 18.1 Å². The van der Waals surface area contributed by atoms with Crippen LogP contribution in [0, 0.1) is 6.92 Å². The van der Waals surface area contributed by atoms with Crippen molar-refractivity contribution in [2.45, 2.75) is 45.1 Å². The zero-order valence-electron chi connectivity index (χ0n) is 15.2. The van der Waals surface area contributed by atoms with Crippen LogP contribution < -0.4 is 11.1 Å². The van der Waals surface area contributed by atoms with Gasteiger partial charge in [-0.3, -0.25) is 9.48 Å². The van der Waals surface area contributed by atoms with Crippen LogP contribution in [0.15, 0.2) is 28.4 Å². The maximum atomic E-state index is 12.7.